The third-order valence-corrected chi connectivity index (χ3v) is 5.67. The van der Waals surface area contributed by atoms with E-state index in [1.807, 2.05) is 46.8 Å². The van der Waals surface area contributed by atoms with Gasteiger partial charge in [0.25, 0.3) is 5.91 Å². The number of aryl methyl sites for hydroxylation is 1. The van der Waals surface area contributed by atoms with Gasteiger partial charge in [0.15, 0.2) is 6.61 Å². The standard InChI is InChI=1S/C24H35N3O5/c1-16-9-8-10-18(17(16)2)26-20(29)14-25-21(30)15-32-22(31)24(11-6-7-12-24)13-19(28)27-23(3,4)5/h8-10H,6-7,11-15H2,1-5H3,(H,25,30)(H,26,29)(H,27,28). The molecule has 1 aliphatic rings. The quantitative estimate of drug-likeness (QED) is 0.533. The van der Waals surface area contributed by atoms with Crippen LogP contribution in [0.2, 0.25) is 0 Å². The lowest BCUT2D eigenvalue weighted by Gasteiger charge is -2.28. The second-order valence-electron chi connectivity index (χ2n) is 9.61. The number of ether oxygens (including phenoxy) is 1. The maximum atomic E-state index is 12.8. The number of hydrogen-bond donors (Lipinski definition) is 3. The highest BCUT2D eigenvalue weighted by molar-refractivity contribution is 5.95. The molecule has 1 fully saturated rings. The Balaban J connectivity index is 1.82. The number of anilines is 1. The van der Waals surface area contributed by atoms with Gasteiger partial charge in [0, 0.05) is 17.6 Å². The predicted octanol–water partition coefficient (Wildman–Crippen LogP) is 2.77. The van der Waals surface area contributed by atoms with Gasteiger partial charge in [-0.2, -0.15) is 0 Å². The van der Waals surface area contributed by atoms with Gasteiger partial charge in [-0.3, -0.25) is 19.2 Å². The number of rotatable bonds is 8. The van der Waals surface area contributed by atoms with Crippen molar-refractivity contribution in [3.63, 3.8) is 0 Å². The summed E-state index contributed by atoms with van der Waals surface area (Å²) in [5.41, 5.74) is 1.41. The van der Waals surface area contributed by atoms with E-state index >= 15 is 0 Å². The highest BCUT2D eigenvalue weighted by atomic mass is 16.5. The summed E-state index contributed by atoms with van der Waals surface area (Å²) in [7, 11) is 0. The first-order valence-corrected chi connectivity index (χ1v) is 11.0. The Bertz CT molecular complexity index is 867. The van der Waals surface area contributed by atoms with Gasteiger partial charge in [-0.1, -0.05) is 25.0 Å². The summed E-state index contributed by atoms with van der Waals surface area (Å²) in [4.78, 5) is 49.4. The largest absolute Gasteiger partial charge is 0.455 e. The van der Waals surface area contributed by atoms with Crippen LogP contribution in [0.3, 0.4) is 0 Å². The summed E-state index contributed by atoms with van der Waals surface area (Å²) in [6.07, 6.45) is 2.83. The van der Waals surface area contributed by atoms with Crippen LogP contribution < -0.4 is 16.0 Å². The SMILES string of the molecule is Cc1cccc(NC(=O)CNC(=O)COC(=O)C2(CC(=O)NC(C)(C)C)CCCC2)c1C. The van der Waals surface area contributed by atoms with Crippen LogP contribution in [0.4, 0.5) is 5.69 Å². The molecule has 0 aromatic heterocycles. The summed E-state index contributed by atoms with van der Waals surface area (Å²) in [5, 5.41) is 8.10. The van der Waals surface area contributed by atoms with E-state index in [2.05, 4.69) is 16.0 Å². The first-order valence-electron chi connectivity index (χ1n) is 11.0. The molecule has 0 atom stereocenters. The summed E-state index contributed by atoms with van der Waals surface area (Å²) >= 11 is 0. The van der Waals surface area contributed by atoms with Crippen LogP contribution in [0.1, 0.15) is 64.0 Å². The van der Waals surface area contributed by atoms with Crippen molar-refractivity contribution in [1.82, 2.24) is 10.6 Å². The number of nitrogens with one attached hydrogen (secondary N) is 3. The van der Waals surface area contributed by atoms with Gasteiger partial charge in [0.05, 0.1) is 12.0 Å². The lowest BCUT2D eigenvalue weighted by atomic mass is 9.82. The van der Waals surface area contributed by atoms with E-state index in [1.54, 1.807) is 6.07 Å². The first kappa shape index (κ1) is 25.4. The molecule has 0 bridgehead atoms. The highest BCUT2D eigenvalue weighted by Gasteiger charge is 2.44. The normalized spacial score (nSPS) is 15.0. The highest BCUT2D eigenvalue weighted by Crippen LogP contribution is 2.42. The van der Waals surface area contributed by atoms with Crippen LogP contribution in [-0.4, -0.2) is 42.4 Å². The average Bonchev–Trinajstić information content (AvgIpc) is 3.16. The number of carbonyl (C=O) groups is 4. The topological polar surface area (TPSA) is 114 Å². The van der Waals surface area contributed by atoms with Gasteiger partial charge < -0.3 is 20.7 Å². The summed E-state index contributed by atoms with van der Waals surface area (Å²) in [6.45, 7) is 8.78. The van der Waals surface area contributed by atoms with Crippen molar-refractivity contribution in [2.24, 2.45) is 5.41 Å². The molecule has 0 saturated heterocycles. The molecule has 0 radical (unpaired) electrons. The van der Waals surface area contributed by atoms with E-state index in [9.17, 15) is 19.2 Å². The van der Waals surface area contributed by atoms with E-state index < -0.39 is 29.4 Å². The molecule has 32 heavy (non-hydrogen) atoms. The maximum absolute atomic E-state index is 12.8. The molecular weight excluding hydrogens is 410 g/mol. The van der Waals surface area contributed by atoms with Crippen molar-refractivity contribution < 1.29 is 23.9 Å². The van der Waals surface area contributed by atoms with Gasteiger partial charge in [0.2, 0.25) is 11.8 Å². The molecule has 0 heterocycles. The molecule has 3 N–H and O–H groups in total. The molecule has 2 rings (SSSR count). The molecule has 1 saturated carbocycles. The smallest absolute Gasteiger partial charge is 0.313 e. The van der Waals surface area contributed by atoms with E-state index in [4.69, 9.17) is 4.74 Å². The van der Waals surface area contributed by atoms with Crippen LogP contribution >= 0.6 is 0 Å². The van der Waals surface area contributed by atoms with Gasteiger partial charge >= 0.3 is 5.97 Å². The second kappa shape index (κ2) is 10.6. The molecular formula is C24H35N3O5. The fraction of sp³-hybridized carbons (Fsp3) is 0.583. The van der Waals surface area contributed by atoms with Crippen LogP contribution in [0.25, 0.3) is 0 Å². The van der Waals surface area contributed by atoms with Crippen molar-refractivity contribution >= 4 is 29.4 Å². The second-order valence-corrected chi connectivity index (χ2v) is 9.61. The van der Waals surface area contributed by atoms with E-state index in [-0.39, 0.29) is 24.8 Å². The zero-order valence-electron chi connectivity index (χ0n) is 19.7. The minimum Gasteiger partial charge on any atom is -0.455 e. The summed E-state index contributed by atoms with van der Waals surface area (Å²) < 4.78 is 5.24. The molecule has 8 heteroatoms. The first-order chi connectivity index (χ1) is 14.9. The van der Waals surface area contributed by atoms with E-state index in [0.717, 1.165) is 24.0 Å². The minimum absolute atomic E-state index is 0.0446. The van der Waals surface area contributed by atoms with Crippen molar-refractivity contribution in [2.45, 2.75) is 72.3 Å². The van der Waals surface area contributed by atoms with E-state index in [0.29, 0.717) is 18.5 Å². The number of amides is 3. The molecule has 8 nitrogen and oxygen atoms in total. The Morgan fingerprint density at radius 2 is 1.66 bits per heavy atom. The Hall–Kier alpha value is -2.90. The molecule has 0 aliphatic heterocycles. The molecule has 0 spiro atoms. The van der Waals surface area contributed by atoms with E-state index in [1.165, 1.54) is 0 Å². The van der Waals surface area contributed by atoms with Crippen LogP contribution in [0.15, 0.2) is 18.2 Å². The monoisotopic (exact) mass is 445 g/mol. The lowest BCUT2D eigenvalue weighted by molar-refractivity contribution is -0.160. The van der Waals surface area contributed by atoms with Crippen molar-refractivity contribution in [1.29, 1.82) is 0 Å². The number of esters is 1. The van der Waals surface area contributed by atoms with Gasteiger partial charge in [0.1, 0.15) is 0 Å². The Labute approximate surface area is 189 Å². The average molecular weight is 446 g/mol. The summed E-state index contributed by atoms with van der Waals surface area (Å²) in [5.74, 6) is -1.68. The summed E-state index contributed by atoms with van der Waals surface area (Å²) in [6, 6.07) is 5.59. The fourth-order valence-electron chi connectivity index (χ4n) is 3.87. The molecule has 1 aliphatic carbocycles. The van der Waals surface area contributed by atoms with Crippen LogP contribution in [-0.2, 0) is 23.9 Å². The number of hydrogen-bond acceptors (Lipinski definition) is 5. The third-order valence-electron chi connectivity index (χ3n) is 5.67. The van der Waals surface area contributed by atoms with Crippen molar-refractivity contribution in [3.05, 3.63) is 29.3 Å². The molecule has 1 aromatic carbocycles. The maximum Gasteiger partial charge on any atom is 0.313 e. The third kappa shape index (κ3) is 7.35. The number of carbonyl (C=O) groups excluding carboxylic acids is 4. The molecule has 3 amide bonds. The van der Waals surface area contributed by atoms with Gasteiger partial charge in [-0.15, -0.1) is 0 Å². The Morgan fingerprint density at radius 3 is 2.28 bits per heavy atom. The lowest BCUT2D eigenvalue weighted by Crippen LogP contribution is -2.45. The molecule has 1 aromatic rings. The molecule has 0 unspecified atom stereocenters. The fourth-order valence-corrected chi connectivity index (χ4v) is 3.87. The predicted molar refractivity (Wildman–Crippen MR) is 122 cm³/mol. The van der Waals surface area contributed by atoms with Gasteiger partial charge in [-0.05, 0) is 64.7 Å². The number of benzene rings is 1. The zero-order valence-corrected chi connectivity index (χ0v) is 19.7. The van der Waals surface area contributed by atoms with Crippen LogP contribution in [0.5, 0.6) is 0 Å². The van der Waals surface area contributed by atoms with Crippen LogP contribution in [0, 0.1) is 19.3 Å². The Kier molecular flexibility index (Phi) is 8.41. The van der Waals surface area contributed by atoms with Crippen molar-refractivity contribution in [3.8, 4) is 0 Å². The molecule has 176 valence electrons. The minimum atomic E-state index is -0.893. The van der Waals surface area contributed by atoms with Crippen molar-refractivity contribution in [2.75, 3.05) is 18.5 Å². The zero-order chi connectivity index (χ0) is 23.9. The Morgan fingerprint density at radius 1 is 1.00 bits per heavy atom. The van der Waals surface area contributed by atoms with Gasteiger partial charge in [-0.25, -0.2) is 0 Å².